The molecule has 15 heavy (non-hydrogen) atoms. The first kappa shape index (κ1) is 13.0. The third-order valence-electron chi connectivity index (χ3n) is 3.85. The van der Waals surface area contributed by atoms with Gasteiger partial charge in [0.2, 0.25) is 0 Å². The molecule has 0 spiro atoms. The van der Waals surface area contributed by atoms with E-state index in [0.29, 0.717) is 12.0 Å². The largest absolute Gasteiger partial charge is 0.327 e. The minimum Gasteiger partial charge on any atom is -0.327 e. The molecule has 0 aromatic heterocycles. The Bertz CT molecular complexity index is 162. The van der Waals surface area contributed by atoms with Crippen LogP contribution in [0.2, 0.25) is 0 Å². The highest BCUT2D eigenvalue weighted by molar-refractivity contribution is 4.78. The molecule has 1 aliphatic carbocycles. The van der Waals surface area contributed by atoms with Crippen molar-refractivity contribution in [3.05, 3.63) is 0 Å². The lowest BCUT2D eigenvalue weighted by Crippen LogP contribution is -2.38. The zero-order chi connectivity index (χ0) is 11.3. The fourth-order valence-corrected chi connectivity index (χ4v) is 2.52. The Labute approximate surface area is 95.2 Å². The number of hydrogen-bond acceptors (Lipinski definition) is 2. The predicted molar refractivity (Wildman–Crippen MR) is 66.9 cm³/mol. The van der Waals surface area contributed by atoms with E-state index in [0.717, 1.165) is 12.5 Å². The average molecular weight is 212 g/mol. The Balaban J connectivity index is 2.27. The second-order valence-electron chi connectivity index (χ2n) is 5.26. The van der Waals surface area contributed by atoms with Crippen LogP contribution in [0.25, 0.3) is 0 Å². The summed E-state index contributed by atoms with van der Waals surface area (Å²) in [6.07, 6.45) is 6.83. The quantitative estimate of drug-likeness (QED) is 0.733. The summed E-state index contributed by atoms with van der Waals surface area (Å²) in [7, 11) is 0. The summed E-state index contributed by atoms with van der Waals surface area (Å²) in [5.41, 5.74) is 6.09. The lowest BCUT2D eigenvalue weighted by atomic mass is 10.0. The Kier molecular flexibility index (Phi) is 5.62. The minimum absolute atomic E-state index is 0.375. The first-order valence-corrected chi connectivity index (χ1v) is 6.64. The minimum atomic E-state index is 0.375. The topological polar surface area (TPSA) is 29.3 Å². The van der Waals surface area contributed by atoms with Crippen LogP contribution in [-0.2, 0) is 0 Å². The molecule has 2 nitrogen and oxygen atoms in total. The van der Waals surface area contributed by atoms with E-state index in [-0.39, 0.29) is 0 Å². The van der Waals surface area contributed by atoms with Gasteiger partial charge in [-0.15, -0.1) is 0 Å². The van der Waals surface area contributed by atoms with Crippen molar-refractivity contribution in [1.82, 2.24) is 4.90 Å². The third kappa shape index (κ3) is 4.12. The van der Waals surface area contributed by atoms with E-state index in [1.807, 2.05) is 0 Å². The van der Waals surface area contributed by atoms with Crippen LogP contribution >= 0.6 is 0 Å². The SMILES string of the molecule is CCN(CCC(N)C(C)C)C1CCCC1. The van der Waals surface area contributed by atoms with E-state index in [4.69, 9.17) is 5.73 Å². The maximum atomic E-state index is 6.09. The van der Waals surface area contributed by atoms with Gasteiger partial charge in [-0.3, -0.25) is 0 Å². The van der Waals surface area contributed by atoms with Crippen LogP contribution in [0, 0.1) is 5.92 Å². The summed E-state index contributed by atoms with van der Waals surface area (Å²) >= 11 is 0. The molecule has 90 valence electrons. The van der Waals surface area contributed by atoms with Crippen molar-refractivity contribution in [3.8, 4) is 0 Å². The molecule has 0 saturated heterocycles. The molecule has 0 radical (unpaired) electrons. The number of nitrogens with zero attached hydrogens (tertiary/aromatic N) is 1. The molecule has 0 aliphatic heterocycles. The highest BCUT2D eigenvalue weighted by Gasteiger charge is 2.21. The first-order valence-electron chi connectivity index (χ1n) is 6.64. The van der Waals surface area contributed by atoms with E-state index in [9.17, 15) is 0 Å². The van der Waals surface area contributed by atoms with Crippen LogP contribution < -0.4 is 5.73 Å². The van der Waals surface area contributed by atoms with E-state index < -0.39 is 0 Å². The summed E-state index contributed by atoms with van der Waals surface area (Å²) in [5.74, 6) is 0.618. The molecule has 2 heteroatoms. The molecule has 0 bridgehead atoms. The van der Waals surface area contributed by atoms with Gasteiger partial charge < -0.3 is 10.6 Å². The highest BCUT2D eigenvalue weighted by Crippen LogP contribution is 2.23. The van der Waals surface area contributed by atoms with Gasteiger partial charge in [0, 0.05) is 12.1 Å². The molecule has 1 rings (SSSR count). The summed E-state index contributed by atoms with van der Waals surface area (Å²) in [4.78, 5) is 2.63. The van der Waals surface area contributed by atoms with Gasteiger partial charge in [0.25, 0.3) is 0 Å². The third-order valence-corrected chi connectivity index (χ3v) is 3.85. The molecule has 0 amide bonds. The molecule has 2 N–H and O–H groups in total. The second kappa shape index (κ2) is 6.49. The van der Waals surface area contributed by atoms with Gasteiger partial charge in [-0.05, 0) is 38.3 Å². The Morgan fingerprint density at radius 3 is 2.33 bits per heavy atom. The smallest absolute Gasteiger partial charge is 0.00951 e. The van der Waals surface area contributed by atoms with Crippen LogP contribution in [-0.4, -0.2) is 30.1 Å². The van der Waals surface area contributed by atoms with Crippen LogP contribution in [0.3, 0.4) is 0 Å². The zero-order valence-corrected chi connectivity index (χ0v) is 10.7. The fraction of sp³-hybridized carbons (Fsp3) is 1.00. The van der Waals surface area contributed by atoms with E-state index in [1.165, 1.54) is 38.8 Å². The molecule has 0 aromatic carbocycles. The highest BCUT2D eigenvalue weighted by atomic mass is 15.1. The normalized spacial score (nSPS) is 20.4. The first-order chi connectivity index (χ1) is 7.15. The Hall–Kier alpha value is -0.0800. The van der Waals surface area contributed by atoms with Crippen molar-refractivity contribution in [2.75, 3.05) is 13.1 Å². The predicted octanol–water partition coefficient (Wildman–Crippen LogP) is 2.62. The number of rotatable bonds is 6. The molecule has 1 atom stereocenters. The lowest BCUT2D eigenvalue weighted by molar-refractivity contribution is 0.197. The summed E-state index contributed by atoms with van der Waals surface area (Å²) in [6, 6.07) is 1.23. The van der Waals surface area contributed by atoms with Gasteiger partial charge in [-0.2, -0.15) is 0 Å². The van der Waals surface area contributed by atoms with Crippen molar-refractivity contribution < 1.29 is 0 Å². The fourth-order valence-electron chi connectivity index (χ4n) is 2.52. The monoisotopic (exact) mass is 212 g/mol. The summed E-state index contributed by atoms with van der Waals surface area (Å²) in [5, 5.41) is 0. The molecule has 1 fully saturated rings. The average Bonchev–Trinajstić information content (AvgIpc) is 2.71. The molecule has 1 aliphatic rings. The Morgan fingerprint density at radius 1 is 1.27 bits per heavy atom. The molecular weight excluding hydrogens is 184 g/mol. The van der Waals surface area contributed by atoms with E-state index in [1.54, 1.807) is 0 Å². The second-order valence-corrected chi connectivity index (χ2v) is 5.26. The van der Waals surface area contributed by atoms with Crippen molar-refractivity contribution in [2.45, 2.75) is 65.0 Å². The molecular formula is C13H28N2. The maximum Gasteiger partial charge on any atom is 0.00951 e. The van der Waals surface area contributed by atoms with Crippen LogP contribution in [0.4, 0.5) is 0 Å². The van der Waals surface area contributed by atoms with Crippen molar-refractivity contribution in [3.63, 3.8) is 0 Å². The van der Waals surface area contributed by atoms with E-state index >= 15 is 0 Å². The Morgan fingerprint density at radius 2 is 1.87 bits per heavy atom. The molecule has 1 saturated carbocycles. The van der Waals surface area contributed by atoms with Gasteiger partial charge >= 0.3 is 0 Å². The molecule has 0 aromatic rings. The van der Waals surface area contributed by atoms with Gasteiger partial charge in [-0.1, -0.05) is 33.6 Å². The van der Waals surface area contributed by atoms with Crippen LogP contribution in [0.1, 0.15) is 52.9 Å². The van der Waals surface area contributed by atoms with Crippen LogP contribution in [0.5, 0.6) is 0 Å². The van der Waals surface area contributed by atoms with Crippen molar-refractivity contribution in [2.24, 2.45) is 11.7 Å². The standard InChI is InChI=1S/C13H28N2/c1-4-15(12-7-5-6-8-12)10-9-13(14)11(2)3/h11-13H,4-10,14H2,1-3H3. The van der Waals surface area contributed by atoms with Gasteiger partial charge in [-0.25, -0.2) is 0 Å². The number of nitrogens with two attached hydrogens (primary N) is 1. The van der Waals surface area contributed by atoms with Crippen molar-refractivity contribution in [1.29, 1.82) is 0 Å². The van der Waals surface area contributed by atoms with E-state index in [2.05, 4.69) is 25.7 Å². The molecule has 0 heterocycles. The summed E-state index contributed by atoms with van der Waals surface area (Å²) < 4.78 is 0. The summed E-state index contributed by atoms with van der Waals surface area (Å²) in [6.45, 7) is 9.10. The maximum absolute atomic E-state index is 6.09. The lowest BCUT2D eigenvalue weighted by Gasteiger charge is -2.29. The van der Waals surface area contributed by atoms with Gasteiger partial charge in [0.1, 0.15) is 0 Å². The van der Waals surface area contributed by atoms with Crippen molar-refractivity contribution >= 4 is 0 Å². The number of hydrogen-bond donors (Lipinski definition) is 1. The zero-order valence-electron chi connectivity index (χ0n) is 10.7. The van der Waals surface area contributed by atoms with Crippen LogP contribution in [0.15, 0.2) is 0 Å². The van der Waals surface area contributed by atoms with Gasteiger partial charge in [0.15, 0.2) is 0 Å². The molecule has 1 unspecified atom stereocenters. The van der Waals surface area contributed by atoms with Gasteiger partial charge in [0.05, 0.1) is 0 Å².